The highest BCUT2D eigenvalue weighted by atomic mass is 35.5. The lowest BCUT2D eigenvalue weighted by atomic mass is 10.1. The van der Waals surface area contributed by atoms with Crippen LogP contribution in [0.4, 0.5) is 19.1 Å². The minimum absolute atomic E-state index is 0.163. The number of ketones is 1. The molecule has 0 saturated heterocycles. The summed E-state index contributed by atoms with van der Waals surface area (Å²) in [6.45, 7) is -0.774. The van der Waals surface area contributed by atoms with Gasteiger partial charge in [0.25, 0.3) is 5.56 Å². The quantitative estimate of drug-likeness (QED) is 0.470. The molecule has 0 N–H and O–H groups in total. The molecule has 0 saturated carbocycles. The third kappa shape index (κ3) is 3.35. The molecule has 146 valence electrons. The van der Waals surface area contributed by atoms with Gasteiger partial charge in [0.05, 0.1) is 11.2 Å². The minimum Gasteiger partial charge on any atom is -0.322 e. The van der Waals surface area contributed by atoms with E-state index < -0.39 is 30.1 Å². The van der Waals surface area contributed by atoms with Gasteiger partial charge in [0.15, 0.2) is 5.78 Å². The highest BCUT2D eigenvalue weighted by Gasteiger charge is 2.47. The van der Waals surface area contributed by atoms with Crippen molar-refractivity contribution in [3.63, 3.8) is 0 Å². The predicted octanol–water partition coefficient (Wildman–Crippen LogP) is 2.93. The summed E-state index contributed by atoms with van der Waals surface area (Å²) < 4.78 is 46.4. The van der Waals surface area contributed by atoms with Crippen molar-refractivity contribution in [3.05, 3.63) is 45.3 Å². The van der Waals surface area contributed by atoms with Gasteiger partial charge in [0.2, 0.25) is 5.95 Å². The summed E-state index contributed by atoms with van der Waals surface area (Å²) in [6.07, 6.45) is -4.98. The highest BCUT2D eigenvalue weighted by Crippen LogP contribution is 2.34. The molecule has 0 fully saturated rings. The molecule has 3 heterocycles. The molecule has 28 heavy (non-hydrogen) atoms. The second kappa shape index (κ2) is 6.82. The van der Waals surface area contributed by atoms with Crippen LogP contribution in [0.3, 0.4) is 0 Å². The Morgan fingerprint density at radius 3 is 2.86 bits per heavy atom. The minimum atomic E-state index is -4.60. The molecule has 3 aromatic rings. The molecule has 2 aromatic heterocycles. The molecule has 0 radical (unpaired) electrons. The first-order valence-corrected chi connectivity index (χ1v) is 9.25. The van der Waals surface area contributed by atoms with E-state index in [0.29, 0.717) is 5.52 Å². The summed E-state index contributed by atoms with van der Waals surface area (Å²) in [5.41, 5.74) is 0.116. The number of alkyl halides is 3. The fourth-order valence-corrected chi connectivity index (χ4v) is 3.87. The smallest absolute Gasteiger partial charge is 0.322 e. The Kier molecular flexibility index (Phi) is 4.58. The van der Waals surface area contributed by atoms with Gasteiger partial charge >= 0.3 is 6.18 Å². The van der Waals surface area contributed by atoms with Gasteiger partial charge < -0.3 is 4.90 Å². The number of Topliss-reactive ketones (excluding diaryl/α,β-unsaturated/α-hetero) is 1. The van der Waals surface area contributed by atoms with Crippen molar-refractivity contribution in [2.24, 2.45) is 0 Å². The van der Waals surface area contributed by atoms with Gasteiger partial charge in [-0.25, -0.2) is 4.98 Å². The molecular weight excluding hydrogens is 419 g/mol. The first-order chi connectivity index (χ1) is 13.2. The van der Waals surface area contributed by atoms with E-state index in [2.05, 4.69) is 14.6 Å². The molecule has 12 heteroatoms. The zero-order valence-electron chi connectivity index (χ0n) is 14.0. The fraction of sp³-hybridized carbons (Fsp3) is 0.312. The Balaban J connectivity index is 1.74. The van der Waals surface area contributed by atoms with Crippen molar-refractivity contribution >= 4 is 45.1 Å². The summed E-state index contributed by atoms with van der Waals surface area (Å²) in [7, 11) is 0. The van der Waals surface area contributed by atoms with E-state index in [1.54, 1.807) is 6.07 Å². The van der Waals surface area contributed by atoms with E-state index in [1.807, 2.05) is 0 Å². The Labute approximate surface area is 164 Å². The molecular formula is C16H11ClF3N5O2S. The Hall–Kier alpha value is -2.53. The Bertz CT molecular complexity index is 1130. The summed E-state index contributed by atoms with van der Waals surface area (Å²) in [4.78, 5) is 29.5. The van der Waals surface area contributed by atoms with Gasteiger partial charge in [-0.15, -0.1) is 5.10 Å². The van der Waals surface area contributed by atoms with E-state index >= 15 is 0 Å². The number of carbonyl (C=O) groups is 1. The van der Waals surface area contributed by atoms with Crippen molar-refractivity contribution in [2.45, 2.75) is 25.2 Å². The van der Waals surface area contributed by atoms with Crippen LogP contribution in [-0.4, -0.2) is 43.7 Å². The topological polar surface area (TPSA) is 81.0 Å². The SMILES string of the molecule is O=C(CN1c2nc(Cl)cc(=O)n2CC[C@H]1C(F)(F)F)c1ccc2snnc2c1. The normalized spacial score (nSPS) is 17.0. The highest BCUT2D eigenvalue weighted by molar-refractivity contribution is 7.12. The maximum atomic E-state index is 13.6. The van der Waals surface area contributed by atoms with Crippen molar-refractivity contribution < 1.29 is 18.0 Å². The van der Waals surface area contributed by atoms with Gasteiger partial charge in [0.1, 0.15) is 16.7 Å². The van der Waals surface area contributed by atoms with Crippen molar-refractivity contribution in [3.8, 4) is 0 Å². The lowest BCUT2D eigenvalue weighted by Crippen LogP contribution is -2.54. The zero-order chi connectivity index (χ0) is 20.1. The molecule has 1 aliphatic rings. The van der Waals surface area contributed by atoms with Crippen LogP contribution >= 0.6 is 23.1 Å². The molecule has 0 bridgehead atoms. The number of aromatic nitrogens is 4. The van der Waals surface area contributed by atoms with Crippen LogP contribution in [0.5, 0.6) is 0 Å². The lowest BCUT2D eigenvalue weighted by molar-refractivity contribution is -0.152. The van der Waals surface area contributed by atoms with Crippen LogP contribution in [0.1, 0.15) is 16.8 Å². The van der Waals surface area contributed by atoms with E-state index in [0.717, 1.165) is 31.8 Å². The van der Waals surface area contributed by atoms with Gasteiger partial charge in [-0.05, 0) is 36.2 Å². The molecule has 1 atom stereocenters. The number of benzene rings is 1. The number of carbonyl (C=O) groups excluding carboxylic acids is 1. The van der Waals surface area contributed by atoms with Gasteiger partial charge in [-0.2, -0.15) is 13.2 Å². The monoisotopic (exact) mass is 429 g/mol. The first kappa shape index (κ1) is 18.8. The summed E-state index contributed by atoms with van der Waals surface area (Å²) in [6, 6.07) is 3.70. The first-order valence-electron chi connectivity index (χ1n) is 8.10. The molecule has 0 amide bonds. The van der Waals surface area contributed by atoms with Crippen LogP contribution in [-0.2, 0) is 6.54 Å². The van der Waals surface area contributed by atoms with E-state index in [1.165, 1.54) is 12.1 Å². The van der Waals surface area contributed by atoms with Crippen LogP contribution < -0.4 is 10.5 Å². The third-order valence-corrected chi connectivity index (χ3v) is 5.38. The van der Waals surface area contributed by atoms with E-state index in [4.69, 9.17) is 11.6 Å². The van der Waals surface area contributed by atoms with Crippen molar-refractivity contribution in [2.75, 3.05) is 11.4 Å². The average Bonchev–Trinajstić information content (AvgIpc) is 3.08. The van der Waals surface area contributed by atoms with E-state index in [-0.39, 0.29) is 29.6 Å². The average molecular weight is 430 g/mol. The van der Waals surface area contributed by atoms with E-state index in [9.17, 15) is 22.8 Å². The Morgan fingerprint density at radius 1 is 1.32 bits per heavy atom. The molecule has 0 spiro atoms. The Morgan fingerprint density at radius 2 is 2.11 bits per heavy atom. The van der Waals surface area contributed by atoms with Gasteiger partial charge in [0, 0.05) is 18.2 Å². The second-order valence-electron chi connectivity index (χ2n) is 6.22. The summed E-state index contributed by atoms with van der Waals surface area (Å²) in [5, 5.41) is 3.64. The molecule has 1 aliphatic heterocycles. The summed E-state index contributed by atoms with van der Waals surface area (Å²) >= 11 is 6.93. The summed E-state index contributed by atoms with van der Waals surface area (Å²) in [5.74, 6) is -0.831. The zero-order valence-corrected chi connectivity index (χ0v) is 15.6. The molecule has 7 nitrogen and oxygen atoms in total. The van der Waals surface area contributed by atoms with Crippen LogP contribution in [0.15, 0.2) is 29.1 Å². The second-order valence-corrected chi connectivity index (χ2v) is 7.39. The van der Waals surface area contributed by atoms with Gasteiger partial charge in [-0.3, -0.25) is 14.2 Å². The number of hydrogen-bond donors (Lipinski definition) is 0. The molecule has 1 aromatic carbocycles. The predicted molar refractivity (Wildman–Crippen MR) is 97.1 cm³/mol. The standard InChI is InChI=1S/C16H11ClF3N5O2S/c17-13-6-14(27)24-4-3-12(16(18,19)20)25(15(24)21-13)7-10(26)8-1-2-11-9(5-8)22-23-28-11/h1-2,5-6,12H,3-4,7H2/t12-/m0/s1. The number of anilines is 1. The maximum Gasteiger partial charge on any atom is 0.408 e. The van der Waals surface area contributed by atoms with Crippen molar-refractivity contribution in [1.29, 1.82) is 0 Å². The molecule has 0 unspecified atom stereocenters. The van der Waals surface area contributed by atoms with Gasteiger partial charge in [-0.1, -0.05) is 16.1 Å². The van der Waals surface area contributed by atoms with Crippen LogP contribution in [0, 0.1) is 0 Å². The fourth-order valence-electron chi connectivity index (χ4n) is 3.16. The lowest BCUT2D eigenvalue weighted by Gasteiger charge is -2.38. The number of nitrogens with zero attached hydrogens (tertiary/aromatic N) is 5. The number of rotatable bonds is 3. The van der Waals surface area contributed by atoms with Crippen molar-refractivity contribution in [1.82, 2.24) is 19.1 Å². The maximum absolute atomic E-state index is 13.6. The number of hydrogen-bond acceptors (Lipinski definition) is 7. The molecule has 4 rings (SSSR count). The van der Waals surface area contributed by atoms with Crippen LogP contribution in [0.2, 0.25) is 5.15 Å². The largest absolute Gasteiger partial charge is 0.408 e. The number of fused-ring (bicyclic) bond motifs is 2. The van der Waals surface area contributed by atoms with Crippen LogP contribution in [0.25, 0.3) is 10.2 Å². The third-order valence-electron chi connectivity index (χ3n) is 4.48. The molecule has 0 aliphatic carbocycles. The number of halogens is 4.